The Morgan fingerprint density at radius 1 is 0.321 bits per heavy atom. The van der Waals surface area contributed by atoms with E-state index in [0.717, 1.165) is 0 Å². The first-order chi connectivity index (χ1) is 13.8. The Morgan fingerprint density at radius 3 is 0.679 bits per heavy atom. The van der Waals surface area contributed by atoms with Gasteiger partial charge in [0.25, 0.3) is 0 Å². The molecule has 0 aliphatic heterocycles. The van der Waals surface area contributed by atoms with Crippen LogP contribution in [0.5, 0.6) is 0 Å². The molecule has 2 heteroatoms. The minimum absolute atomic E-state index is 0.171. The molecular formula is C26H26P2. The molecule has 0 heterocycles. The quantitative estimate of drug-likeness (QED) is 0.397. The molecule has 0 saturated carbocycles. The molecule has 140 valence electrons. The number of benzene rings is 4. The second-order valence-corrected chi connectivity index (χ2v) is 10.8. The van der Waals surface area contributed by atoms with Crippen molar-refractivity contribution in [2.75, 3.05) is 13.3 Å². The van der Waals surface area contributed by atoms with Crippen LogP contribution in [0, 0.1) is 0 Å². The van der Waals surface area contributed by atoms with Gasteiger partial charge in [0.1, 0.15) is 0 Å². The lowest BCUT2D eigenvalue weighted by atomic mass is 10.4. The van der Waals surface area contributed by atoms with Crippen LogP contribution >= 0.6 is 15.8 Å². The second-order valence-electron chi connectivity index (χ2n) is 6.46. The van der Waals surface area contributed by atoms with Gasteiger partial charge in [-0.3, -0.25) is 0 Å². The highest BCUT2D eigenvalue weighted by molar-refractivity contribution is 7.72. The van der Waals surface area contributed by atoms with Crippen molar-refractivity contribution in [2.45, 2.75) is 0 Å². The fourth-order valence-corrected chi connectivity index (χ4v) is 5.98. The summed E-state index contributed by atoms with van der Waals surface area (Å²) in [5.74, 6) is 0. The molecule has 0 aromatic heterocycles. The molecule has 0 radical (unpaired) electrons. The van der Waals surface area contributed by atoms with Gasteiger partial charge in [0.15, 0.2) is 0 Å². The number of rotatable bonds is 4. The van der Waals surface area contributed by atoms with Gasteiger partial charge in [0.05, 0.1) is 0 Å². The van der Waals surface area contributed by atoms with Gasteiger partial charge in [-0.15, -0.1) is 0 Å². The molecule has 4 aromatic carbocycles. The van der Waals surface area contributed by atoms with Crippen LogP contribution in [0.3, 0.4) is 0 Å². The van der Waals surface area contributed by atoms with Gasteiger partial charge in [0.2, 0.25) is 0 Å². The topological polar surface area (TPSA) is 0 Å². The highest BCUT2D eigenvalue weighted by Gasteiger charge is 2.06. The van der Waals surface area contributed by atoms with Gasteiger partial charge in [-0.2, -0.15) is 0 Å². The van der Waals surface area contributed by atoms with E-state index in [4.69, 9.17) is 0 Å². The first-order valence-electron chi connectivity index (χ1n) is 9.43. The highest BCUT2D eigenvalue weighted by Crippen LogP contribution is 2.28. The monoisotopic (exact) mass is 400 g/mol. The van der Waals surface area contributed by atoms with E-state index in [0.29, 0.717) is 0 Å². The van der Waals surface area contributed by atoms with Gasteiger partial charge in [-0.1, -0.05) is 121 Å². The van der Waals surface area contributed by atoms with Crippen LogP contribution in [0.25, 0.3) is 0 Å². The Hall–Kier alpha value is -2.26. The molecule has 4 aromatic rings. The highest BCUT2D eigenvalue weighted by atomic mass is 31.1. The van der Waals surface area contributed by atoms with E-state index in [1.165, 1.54) is 21.2 Å². The predicted molar refractivity (Wildman–Crippen MR) is 130 cm³/mol. The van der Waals surface area contributed by atoms with Crippen molar-refractivity contribution in [2.24, 2.45) is 0 Å². The van der Waals surface area contributed by atoms with E-state index in [9.17, 15) is 0 Å². The molecule has 0 bridgehead atoms. The van der Waals surface area contributed by atoms with E-state index in [-0.39, 0.29) is 15.8 Å². The van der Waals surface area contributed by atoms with E-state index < -0.39 is 0 Å². The summed E-state index contributed by atoms with van der Waals surface area (Å²) in [6.45, 7) is 4.61. The zero-order valence-corrected chi connectivity index (χ0v) is 18.2. The first-order valence-corrected chi connectivity index (χ1v) is 13.0. The summed E-state index contributed by atoms with van der Waals surface area (Å²) in [4.78, 5) is 0. The average molecular weight is 400 g/mol. The van der Waals surface area contributed by atoms with Gasteiger partial charge in [-0.25, -0.2) is 0 Å². The summed E-state index contributed by atoms with van der Waals surface area (Å²) in [5.41, 5.74) is 0. The Morgan fingerprint density at radius 2 is 0.500 bits per heavy atom. The Kier molecular flexibility index (Phi) is 7.98. The lowest BCUT2D eigenvalue weighted by Gasteiger charge is -2.12. The Labute approximate surface area is 171 Å². The lowest BCUT2D eigenvalue weighted by molar-refractivity contribution is 1.75. The fraction of sp³-hybridized carbons (Fsp3) is 0.0769. The van der Waals surface area contributed by atoms with Crippen molar-refractivity contribution in [3.05, 3.63) is 121 Å². The standard InChI is InChI=1S/2C13H13P/c2*1-14(12-8-4-2-5-9-12)13-10-6-3-7-11-13/h2*2-11H,1H3. The van der Waals surface area contributed by atoms with Gasteiger partial charge >= 0.3 is 0 Å². The van der Waals surface area contributed by atoms with Crippen molar-refractivity contribution in [1.29, 1.82) is 0 Å². The van der Waals surface area contributed by atoms with Crippen molar-refractivity contribution in [1.82, 2.24) is 0 Å². The third-order valence-electron chi connectivity index (χ3n) is 4.57. The summed E-state index contributed by atoms with van der Waals surface area (Å²) in [6, 6.07) is 42.8. The van der Waals surface area contributed by atoms with Gasteiger partial charge < -0.3 is 0 Å². The maximum atomic E-state index is 2.31. The molecule has 0 saturated heterocycles. The maximum absolute atomic E-state index is 2.31. The molecule has 0 amide bonds. The summed E-state index contributed by atoms with van der Waals surface area (Å²) in [5, 5.41) is 5.75. The number of hydrogen-bond donors (Lipinski definition) is 0. The molecule has 0 spiro atoms. The molecule has 0 N–H and O–H groups in total. The molecule has 0 aliphatic carbocycles. The molecule has 0 nitrogen and oxygen atoms in total. The lowest BCUT2D eigenvalue weighted by Crippen LogP contribution is -2.09. The molecule has 0 atom stereocenters. The minimum atomic E-state index is -0.171. The van der Waals surface area contributed by atoms with E-state index in [1.807, 2.05) is 0 Å². The van der Waals surface area contributed by atoms with Crippen molar-refractivity contribution >= 4 is 37.1 Å². The zero-order chi connectivity index (χ0) is 19.6. The van der Waals surface area contributed by atoms with E-state index in [1.54, 1.807) is 0 Å². The maximum Gasteiger partial charge on any atom is -0.0198 e. The molecule has 4 rings (SSSR count). The second kappa shape index (κ2) is 10.9. The van der Waals surface area contributed by atoms with Crippen molar-refractivity contribution < 1.29 is 0 Å². The van der Waals surface area contributed by atoms with E-state index >= 15 is 0 Å². The van der Waals surface area contributed by atoms with Crippen LogP contribution in [0.15, 0.2) is 121 Å². The molecule has 0 fully saturated rings. The van der Waals surface area contributed by atoms with Crippen LogP contribution in [-0.4, -0.2) is 13.3 Å². The van der Waals surface area contributed by atoms with Crippen molar-refractivity contribution in [3.8, 4) is 0 Å². The molecule has 0 unspecified atom stereocenters. The fourth-order valence-electron chi connectivity index (χ4n) is 2.90. The van der Waals surface area contributed by atoms with Crippen LogP contribution in [0.2, 0.25) is 0 Å². The van der Waals surface area contributed by atoms with Crippen LogP contribution < -0.4 is 21.2 Å². The number of hydrogen-bond acceptors (Lipinski definition) is 0. The van der Waals surface area contributed by atoms with Crippen LogP contribution in [0.4, 0.5) is 0 Å². The third-order valence-corrected chi connectivity index (χ3v) is 8.86. The molecule has 28 heavy (non-hydrogen) atoms. The first kappa shape index (κ1) is 20.5. The summed E-state index contributed by atoms with van der Waals surface area (Å²) in [6.07, 6.45) is 0. The largest absolute Gasteiger partial charge is 0.0622 e. The average Bonchev–Trinajstić information content (AvgIpc) is 2.81. The summed E-state index contributed by atoms with van der Waals surface area (Å²) >= 11 is 0. The Bertz CT molecular complexity index is 763. The van der Waals surface area contributed by atoms with E-state index in [2.05, 4.69) is 135 Å². The molecule has 0 aliphatic rings. The Balaban J connectivity index is 0.000000161. The normalized spacial score (nSPS) is 10.4. The van der Waals surface area contributed by atoms with Gasteiger partial charge in [-0.05, 0) is 50.4 Å². The SMILES string of the molecule is CP(c1ccccc1)c1ccccc1.CP(c1ccccc1)c1ccccc1. The predicted octanol–water partition coefficient (Wildman–Crippen LogP) is 5.50. The van der Waals surface area contributed by atoms with Crippen molar-refractivity contribution in [3.63, 3.8) is 0 Å². The summed E-state index contributed by atoms with van der Waals surface area (Å²) in [7, 11) is -0.342. The minimum Gasteiger partial charge on any atom is -0.0622 e. The van der Waals surface area contributed by atoms with Crippen LogP contribution in [0.1, 0.15) is 0 Å². The summed E-state index contributed by atoms with van der Waals surface area (Å²) < 4.78 is 0. The zero-order valence-electron chi connectivity index (χ0n) is 16.4. The molecular weight excluding hydrogens is 374 g/mol. The van der Waals surface area contributed by atoms with Gasteiger partial charge in [0, 0.05) is 0 Å². The third kappa shape index (κ3) is 5.87. The van der Waals surface area contributed by atoms with Crippen LogP contribution in [-0.2, 0) is 0 Å². The smallest absolute Gasteiger partial charge is 0.0198 e.